The molecule has 48 heavy (non-hydrogen) atoms. The van der Waals surface area contributed by atoms with Crippen molar-refractivity contribution in [3.63, 3.8) is 0 Å². The number of aromatic amines is 2. The molecule has 0 aliphatic carbocycles. The van der Waals surface area contributed by atoms with Crippen LogP contribution >= 0.6 is 0 Å². The Morgan fingerprint density at radius 3 is 2.02 bits per heavy atom. The molecular weight excluding hydrogens is 604 g/mol. The van der Waals surface area contributed by atoms with Gasteiger partial charge in [-0.25, -0.2) is 0 Å². The highest BCUT2D eigenvalue weighted by atomic mass is 16.5. The van der Waals surface area contributed by atoms with Gasteiger partial charge in [0.25, 0.3) is 5.91 Å². The molecule has 4 N–H and O–H groups in total. The number of nitrogens with one attached hydrogen (secondary N) is 4. The zero-order chi connectivity index (χ0) is 32.9. The van der Waals surface area contributed by atoms with E-state index in [1.54, 1.807) is 31.5 Å². The number of fused-ring (bicyclic) bond motifs is 2. The number of nitrogens with zero attached hydrogens (tertiary/aromatic N) is 4. The van der Waals surface area contributed by atoms with Gasteiger partial charge in [-0.3, -0.25) is 14.6 Å². The predicted octanol–water partition coefficient (Wildman–Crippen LogP) is 5.44. The molecule has 240 valence electrons. The quantitative estimate of drug-likeness (QED) is 0.124. The fourth-order valence-corrected chi connectivity index (χ4v) is 6.20. The van der Waals surface area contributed by atoms with Gasteiger partial charge in [0.15, 0.2) is 11.6 Å². The van der Waals surface area contributed by atoms with E-state index in [0.29, 0.717) is 43.1 Å². The van der Waals surface area contributed by atoms with Gasteiger partial charge in [0.2, 0.25) is 6.41 Å². The molecule has 0 aliphatic rings. The van der Waals surface area contributed by atoms with Crippen molar-refractivity contribution >= 4 is 34.1 Å². The van der Waals surface area contributed by atoms with Gasteiger partial charge in [-0.1, -0.05) is 54.6 Å². The molecule has 2 amide bonds. The van der Waals surface area contributed by atoms with Gasteiger partial charge in [0, 0.05) is 53.2 Å². The highest BCUT2D eigenvalue weighted by molar-refractivity contribution is 5.92. The lowest BCUT2D eigenvalue weighted by atomic mass is 10.0. The number of amides is 2. The summed E-state index contributed by atoms with van der Waals surface area (Å²) in [4.78, 5) is 36.6. The van der Waals surface area contributed by atoms with Gasteiger partial charge in [0.05, 0.1) is 25.7 Å². The van der Waals surface area contributed by atoms with Crippen LogP contribution in [-0.2, 0) is 24.2 Å². The first-order valence-corrected chi connectivity index (χ1v) is 15.7. The third-order valence-electron chi connectivity index (χ3n) is 8.60. The standard InChI is InChI=1S/C37H34N8O3/c1-48-27-15-13-24(14-16-27)22-45-35(33(41-23-46)18-25-20-39-30-10-4-2-8-28(25)30)43-44-36(45)34(42-37(47)32-12-6-7-17-38-32)19-26-21-40-31-11-5-3-9-29(26)31/h2-17,20-21,23,33-34,39-40H,18-19,22H2,1H3,(H,41,46)(H,42,47)/t33?,34-/m1/s1. The molecular formula is C37H34N8O3. The van der Waals surface area contributed by atoms with Crippen molar-refractivity contribution in [1.29, 1.82) is 0 Å². The summed E-state index contributed by atoms with van der Waals surface area (Å²) in [5, 5.41) is 17.7. The molecule has 0 aliphatic heterocycles. The van der Waals surface area contributed by atoms with Gasteiger partial charge in [0.1, 0.15) is 11.4 Å². The van der Waals surface area contributed by atoms with Crippen LogP contribution in [0.5, 0.6) is 5.75 Å². The van der Waals surface area contributed by atoms with Gasteiger partial charge >= 0.3 is 0 Å². The van der Waals surface area contributed by atoms with Crippen molar-refractivity contribution in [2.45, 2.75) is 31.5 Å². The van der Waals surface area contributed by atoms with Crippen LogP contribution in [0.2, 0.25) is 0 Å². The van der Waals surface area contributed by atoms with Crippen molar-refractivity contribution in [2.24, 2.45) is 0 Å². The van der Waals surface area contributed by atoms with E-state index in [9.17, 15) is 9.59 Å². The van der Waals surface area contributed by atoms with Crippen molar-refractivity contribution in [3.05, 3.63) is 144 Å². The molecule has 0 radical (unpaired) electrons. The first-order chi connectivity index (χ1) is 23.6. The summed E-state index contributed by atoms with van der Waals surface area (Å²) >= 11 is 0. The van der Waals surface area contributed by atoms with E-state index >= 15 is 0 Å². The van der Waals surface area contributed by atoms with Crippen molar-refractivity contribution in [2.75, 3.05) is 7.11 Å². The lowest BCUT2D eigenvalue weighted by molar-refractivity contribution is -0.110. The fraction of sp³-hybridized carbons (Fsp3) is 0.162. The normalized spacial score (nSPS) is 12.5. The molecule has 0 fully saturated rings. The molecule has 0 saturated heterocycles. The summed E-state index contributed by atoms with van der Waals surface area (Å²) in [5.41, 5.74) is 5.31. The van der Waals surface area contributed by atoms with Crippen molar-refractivity contribution in [3.8, 4) is 5.75 Å². The number of rotatable bonds is 13. The van der Waals surface area contributed by atoms with E-state index in [1.165, 1.54) is 0 Å². The topological polar surface area (TPSA) is 143 Å². The number of hydrogen-bond donors (Lipinski definition) is 4. The smallest absolute Gasteiger partial charge is 0.270 e. The summed E-state index contributed by atoms with van der Waals surface area (Å²) in [6.45, 7) is 0.385. The number of pyridine rings is 1. The molecule has 3 aromatic carbocycles. The lowest BCUT2D eigenvalue weighted by Gasteiger charge is -2.22. The number of ether oxygens (including phenoxy) is 1. The summed E-state index contributed by atoms with van der Waals surface area (Å²) in [5.74, 6) is 1.52. The second-order valence-corrected chi connectivity index (χ2v) is 11.6. The highest BCUT2D eigenvalue weighted by Gasteiger charge is 2.29. The Morgan fingerprint density at radius 2 is 1.42 bits per heavy atom. The number of methoxy groups -OCH3 is 1. The first kappa shape index (κ1) is 30.4. The van der Waals surface area contributed by atoms with Crippen LogP contribution in [0.4, 0.5) is 0 Å². The monoisotopic (exact) mass is 638 g/mol. The Hall–Kier alpha value is -6.23. The average molecular weight is 639 g/mol. The van der Waals surface area contributed by atoms with Gasteiger partial charge < -0.3 is 29.9 Å². The second-order valence-electron chi connectivity index (χ2n) is 11.6. The van der Waals surface area contributed by atoms with Crippen LogP contribution in [0, 0.1) is 0 Å². The number of aromatic nitrogens is 6. The number of carbonyl (C=O) groups excluding carboxylic acids is 2. The summed E-state index contributed by atoms with van der Waals surface area (Å²) in [7, 11) is 1.63. The molecule has 11 heteroatoms. The lowest BCUT2D eigenvalue weighted by Crippen LogP contribution is -2.33. The number of para-hydroxylation sites is 2. The molecule has 4 heterocycles. The minimum atomic E-state index is -0.594. The molecule has 0 spiro atoms. The summed E-state index contributed by atoms with van der Waals surface area (Å²) in [6, 6.07) is 28.0. The summed E-state index contributed by atoms with van der Waals surface area (Å²) in [6.07, 6.45) is 7.10. The molecule has 11 nitrogen and oxygen atoms in total. The van der Waals surface area contributed by atoms with Crippen LogP contribution in [0.1, 0.15) is 50.9 Å². The molecule has 0 saturated carbocycles. The van der Waals surface area contributed by atoms with E-state index in [-0.39, 0.29) is 5.91 Å². The summed E-state index contributed by atoms with van der Waals surface area (Å²) < 4.78 is 7.39. The number of benzene rings is 3. The maximum absolute atomic E-state index is 13.6. The van der Waals surface area contributed by atoms with Crippen LogP contribution in [0.25, 0.3) is 21.8 Å². The largest absolute Gasteiger partial charge is 0.497 e. The Morgan fingerprint density at radius 1 is 0.812 bits per heavy atom. The first-order valence-electron chi connectivity index (χ1n) is 15.7. The van der Waals surface area contributed by atoms with Gasteiger partial charge in [-0.05, 0) is 53.1 Å². The molecule has 0 bridgehead atoms. The predicted molar refractivity (Wildman–Crippen MR) is 183 cm³/mol. The number of H-pyrrole nitrogens is 2. The van der Waals surface area contributed by atoms with E-state index in [1.807, 2.05) is 77.6 Å². The minimum Gasteiger partial charge on any atom is -0.497 e. The third-order valence-corrected chi connectivity index (χ3v) is 8.60. The highest BCUT2D eigenvalue weighted by Crippen LogP contribution is 2.29. The van der Waals surface area contributed by atoms with E-state index in [0.717, 1.165) is 44.2 Å². The van der Waals surface area contributed by atoms with E-state index in [4.69, 9.17) is 14.9 Å². The molecule has 1 unspecified atom stereocenters. The molecule has 2 atom stereocenters. The Bertz CT molecular complexity index is 2170. The third kappa shape index (κ3) is 6.25. The average Bonchev–Trinajstić information content (AvgIpc) is 3.86. The van der Waals surface area contributed by atoms with Crippen LogP contribution in [-0.4, -0.2) is 49.1 Å². The fourth-order valence-electron chi connectivity index (χ4n) is 6.20. The minimum absolute atomic E-state index is 0.294. The van der Waals surface area contributed by atoms with Gasteiger partial charge in [-0.2, -0.15) is 0 Å². The second kappa shape index (κ2) is 13.6. The molecule has 7 rings (SSSR count). The van der Waals surface area contributed by atoms with Crippen molar-refractivity contribution < 1.29 is 14.3 Å². The van der Waals surface area contributed by atoms with Crippen LogP contribution in [0.3, 0.4) is 0 Å². The number of carbonyl (C=O) groups is 2. The van der Waals surface area contributed by atoms with Gasteiger partial charge in [-0.15, -0.1) is 10.2 Å². The van der Waals surface area contributed by atoms with Crippen molar-refractivity contribution in [1.82, 2.24) is 40.3 Å². The SMILES string of the molecule is COc1ccc(Cn2c(C(Cc3c[nH]c4ccccc34)NC=O)nnc2[C@@H](Cc2c[nH]c3ccccc23)NC(=O)c2ccccn2)cc1. The van der Waals surface area contributed by atoms with Crippen LogP contribution in [0.15, 0.2) is 110 Å². The molecule has 4 aromatic heterocycles. The number of hydrogen-bond acceptors (Lipinski definition) is 6. The van der Waals surface area contributed by atoms with E-state index < -0.39 is 12.1 Å². The molecule has 7 aromatic rings. The van der Waals surface area contributed by atoms with E-state index in [2.05, 4.69) is 37.7 Å². The maximum atomic E-state index is 13.6. The zero-order valence-electron chi connectivity index (χ0n) is 26.3. The van der Waals surface area contributed by atoms with Crippen LogP contribution < -0.4 is 15.4 Å². The Balaban J connectivity index is 1.33. The zero-order valence-corrected chi connectivity index (χ0v) is 26.3. The Labute approximate surface area is 276 Å². The maximum Gasteiger partial charge on any atom is 0.270 e. The Kier molecular flexibility index (Phi) is 8.64.